The number of rotatable bonds is 9. The first-order chi connectivity index (χ1) is 14.8. The number of hydrogen-bond donors (Lipinski definition) is 2. The van der Waals surface area contributed by atoms with Crippen molar-refractivity contribution < 1.29 is 23.2 Å². The Balaban J connectivity index is 1.32. The van der Waals surface area contributed by atoms with Gasteiger partial charge in [-0.3, -0.25) is 19.7 Å². The Morgan fingerprint density at radius 2 is 1.87 bits per heavy atom. The zero-order valence-corrected chi connectivity index (χ0v) is 17.8. The summed E-state index contributed by atoms with van der Waals surface area (Å²) in [4.78, 5) is 37.7. The number of anilines is 1. The van der Waals surface area contributed by atoms with Crippen LogP contribution in [-0.2, 0) is 14.4 Å². The van der Waals surface area contributed by atoms with Crippen LogP contribution in [0.25, 0.3) is 0 Å². The Kier molecular flexibility index (Phi) is 8.12. The van der Waals surface area contributed by atoms with E-state index in [-0.39, 0.29) is 36.5 Å². The molecule has 3 rings (SSSR count). The highest BCUT2D eigenvalue weighted by Crippen LogP contribution is 2.28. The monoisotopic (exact) mass is 435 g/mol. The van der Waals surface area contributed by atoms with Crippen LogP contribution in [0.15, 0.2) is 24.3 Å². The molecule has 6 nitrogen and oxygen atoms in total. The van der Waals surface area contributed by atoms with Gasteiger partial charge in [-0.05, 0) is 43.5 Å². The van der Waals surface area contributed by atoms with Gasteiger partial charge >= 0.3 is 0 Å². The van der Waals surface area contributed by atoms with Gasteiger partial charge in [0.05, 0.1) is 5.92 Å². The first-order valence-electron chi connectivity index (χ1n) is 11.2. The SMILES string of the molecule is O=C1CCC(c2cccc(NC(=O)CCCCCCN3CCC(F)(F)CC3)c2)C(=O)N1. The molecule has 8 heteroatoms. The summed E-state index contributed by atoms with van der Waals surface area (Å²) >= 11 is 0. The Hall–Kier alpha value is -2.35. The lowest BCUT2D eigenvalue weighted by molar-refractivity contribution is -0.134. The predicted molar refractivity (Wildman–Crippen MR) is 114 cm³/mol. The van der Waals surface area contributed by atoms with Crippen molar-refractivity contribution in [3.05, 3.63) is 29.8 Å². The van der Waals surface area contributed by atoms with Gasteiger partial charge in [-0.25, -0.2) is 8.78 Å². The molecule has 2 saturated heterocycles. The number of carbonyl (C=O) groups excluding carboxylic acids is 3. The number of carbonyl (C=O) groups is 3. The Bertz CT molecular complexity index is 790. The van der Waals surface area contributed by atoms with Gasteiger partial charge in [0.2, 0.25) is 17.7 Å². The number of amides is 3. The molecule has 0 saturated carbocycles. The Morgan fingerprint density at radius 3 is 2.61 bits per heavy atom. The molecule has 2 heterocycles. The van der Waals surface area contributed by atoms with Crippen molar-refractivity contribution >= 4 is 23.4 Å². The number of benzene rings is 1. The van der Waals surface area contributed by atoms with Gasteiger partial charge in [-0.1, -0.05) is 25.0 Å². The highest BCUT2D eigenvalue weighted by molar-refractivity contribution is 6.01. The summed E-state index contributed by atoms with van der Waals surface area (Å²) in [5.74, 6) is -3.48. The van der Waals surface area contributed by atoms with E-state index in [1.54, 1.807) is 18.2 Å². The number of piperidine rings is 2. The number of unbranched alkanes of at least 4 members (excludes halogenated alkanes) is 3. The van der Waals surface area contributed by atoms with Gasteiger partial charge in [0.1, 0.15) is 0 Å². The van der Waals surface area contributed by atoms with E-state index in [1.807, 2.05) is 6.07 Å². The fraction of sp³-hybridized carbons (Fsp3) is 0.609. The molecule has 0 bridgehead atoms. The van der Waals surface area contributed by atoms with Crippen LogP contribution in [0.2, 0.25) is 0 Å². The van der Waals surface area contributed by atoms with Crippen molar-refractivity contribution in [2.45, 2.75) is 69.6 Å². The number of halogens is 2. The fourth-order valence-corrected chi connectivity index (χ4v) is 4.15. The molecular weight excluding hydrogens is 404 g/mol. The largest absolute Gasteiger partial charge is 0.326 e. The zero-order valence-electron chi connectivity index (χ0n) is 17.8. The van der Waals surface area contributed by atoms with Crippen LogP contribution < -0.4 is 10.6 Å². The second-order valence-electron chi connectivity index (χ2n) is 8.54. The van der Waals surface area contributed by atoms with Crippen molar-refractivity contribution in [3.8, 4) is 0 Å². The molecular formula is C23H31F2N3O3. The molecule has 1 aromatic rings. The average molecular weight is 436 g/mol. The third-order valence-electron chi connectivity index (χ3n) is 6.03. The number of imide groups is 1. The maximum Gasteiger partial charge on any atom is 0.250 e. The van der Waals surface area contributed by atoms with Crippen LogP contribution in [-0.4, -0.2) is 48.2 Å². The van der Waals surface area contributed by atoms with Gasteiger partial charge in [0.15, 0.2) is 0 Å². The topological polar surface area (TPSA) is 78.5 Å². The molecule has 0 spiro atoms. The van der Waals surface area contributed by atoms with Crippen LogP contribution in [0.1, 0.15) is 69.3 Å². The molecule has 1 aromatic carbocycles. The Morgan fingerprint density at radius 1 is 1.13 bits per heavy atom. The van der Waals surface area contributed by atoms with Gasteiger partial charge in [-0.2, -0.15) is 0 Å². The molecule has 2 N–H and O–H groups in total. The second kappa shape index (κ2) is 10.8. The second-order valence-corrected chi connectivity index (χ2v) is 8.54. The third-order valence-corrected chi connectivity index (χ3v) is 6.03. The minimum Gasteiger partial charge on any atom is -0.326 e. The van der Waals surface area contributed by atoms with Crippen molar-refractivity contribution in [1.82, 2.24) is 10.2 Å². The molecule has 3 amide bonds. The van der Waals surface area contributed by atoms with Gasteiger partial charge in [0, 0.05) is 44.5 Å². The molecule has 1 unspecified atom stereocenters. The number of likely N-dealkylation sites (tertiary alicyclic amines) is 1. The summed E-state index contributed by atoms with van der Waals surface area (Å²) < 4.78 is 26.3. The van der Waals surface area contributed by atoms with Crippen LogP contribution in [0, 0.1) is 0 Å². The van der Waals surface area contributed by atoms with Gasteiger partial charge < -0.3 is 10.2 Å². The standard InChI is InChI=1S/C23H31F2N3O3/c24-23(25)11-14-28(15-12-23)13-4-2-1-3-8-20(29)26-18-7-5-6-17(16-18)19-9-10-21(30)27-22(19)31/h5-7,16,19H,1-4,8-15H2,(H,26,29)(H,27,30,31). The van der Waals surface area contributed by atoms with Crippen molar-refractivity contribution in [1.29, 1.82) is 0 Å². The average Bonchev–Trinajstić information content (AvgIpc) is 2.72. The summed E-state index contributed by atoms with van der Waals surface area (Å²) in [6.07, 6.45) is 4.75. The first-order valence-corrected chi connectivity index (χ1v) is 11.2. The van der Waals surface area contributed by atoms with Crippen LogP contribution >= 0.6 is 0 Å². The summed E-state index contributed by atoms with van der Waals surface area (Å²) in [7, 11) is 0. The number of alkyl halides is 2. The molecule has 0 aliphatic carbocycles. The first kappa shape index (κ1) is 23.3. The fourth-order valence-electron chi connectivity index (χ4n) is 4.15. The minimum atomic E-state index is -2.49. The van der Waals surface area contributed by atoms with E-state index in [0.717, 1.165) is 37.8 Å². The predicted octanol–water partition coefficient (Wildman–Crippen LogP) is 3.83. The van der Waals surface area contributed by atoms with Gasteiger partial charge in [-0.15, -0.1) is 0 Å². The van der Waals surface area contributed by atoms with Crippen LogP contribution in [0.4, 0.5) is 14.5 Å². The summed E-state index contributed by atoms with van der Waals surface area (Å²) in [5, 5.41) is 5.23. The molecule has 31 heavy (non-hydrogen) atoms. The van der Waals surface area contributed by atoms with Crippen molar-refractivity contribution in [2.24, 2.45) is 0 Å². The molecule has 2 aliphatic rings. The van der Waals surface area contributed by atoms with E-state index < -0.39 is 5.92 Å². The summed E-state index contributed by atoms with van der Waals surface area (Å²) in [6, 6.07) is 7.21. The lowest BCUT2D eigenvalue weighted by Gasteiger charge is -2.31. The number of nitrogens with zero attached hydrogens (tertiary/aromatic N) is 1. The van der Waals surface area contributed by atoms with E-state index in [4.69, 9.17) is 0 Å². The zero-order chi connectivity index (χ0) is 22.3. The molecule has 2 fully saturated rings. The van der Waals surface area contributed by atoms with E-state index in [9.17, 15) is 23.2 Å². The smallest absolute Gasteiger partial charge is 0.250 e. The number of hydrogen-bond acceptors (Lipinski definition) is 4. The minimum absolute atomic E-state index is 0.0437. The van der Waals surface area contributed by atoms with E-state index in [0.29, 0.717) is 38.0 Å². The quantitative estimate of drug-likeness (QED) is 0.457. The highest BCUT2D eigenvalue weighted by Gasteiger charge is 2.33. The lowest BCUT2D eigenvalue weighted by atomic mass is 9.90. The highest BCUT2D eigenvalue weighted by atomic mass is 19.3. The molecule has 0 aromatic heterocycles. The van der Waals surface area contributed by atoms with Crippen LogP contribution in [0.5, 0.6) is 0 Å². The summed E-state index contributed by atoms with van der Waals surface area (Å²) in [6.45, 7) is 1.77. The Labute approximate surface area is 181 Å². The van der Waals surface area contributed by atoms with E-state index in [2.05, 4.69) is 15.5 Å². The van der Waals surface area contributed by atoms with Crippen molar-refractivity contribution in [3.63, 3.8) is 0 Å². The molecule has 2 aliphatic heterocycles. The molecule has 170 valence electrons. The molecule has 1 atom stereocenters. The van der Waals surface area contributed by atoms with E-state index in [1.165, 1.54) is 0 Å². The van der Waals surface area contributed by atoms with Crippen LogP contribution in [0.3, 0.4) is 0 Å². The maximum atomic E-state index is 13.2. The summed E-state index contributed by atoms with van der Waals surface area (Å²) in [5.41, 5.74) is 1.44. The van der Waals surface area contributed by atoms with E-state index >= 15 is 0 Å². The van der Waals surface area contributed by atoms with Gasteiger partial charge in [0.25, 0.3) is 5.92 Å². The molecule has 0 radical (unpaired) electrons. The third kappa shape index (κ3) is 7.38. The lowest BCUT2D eigenvalue weighted by Crippen LogP contribution is -2.39. The van der Waals surface area contributed by atoms with Crippen molar-refractivity contribution in [2.75, 3.05) is 25.0 Å². The normalized spacial score (nSPS) is 21.5. The number of nitrogens with one attached hydrogen (secondary N) is 2. The maximum absolute atomic E-state index is 13.2.